The third kappa shape index (κ3) is 2.88. The zero-order chi connectivity index (χ0) is 13.9. The van der Waals surface area contributed by atoms with E-state index >= 15 is 0 Å². The van der Waals surface area contributed by atoms with Gasteiger partial charge in [0.1, 0.15) is 17.7 Å². The highest BCUT2D eigenvalue weighted by Crippen LogP contribution is 2.25. The predicted molar refractivity (Wildman–Crippen MR) is 79.1 cm³/mol. The average Bonchev–Trinajstić information content (AvgIpc) is 2.66. The van der Waals surface area contributed by atoms with Crippen molar-refractivity contribution in [2.75, 3.05) is 11.9 Å². The number of ether oxygens (including phenoxy) is 1. The maximum Gasteiger partial charge on any atom is 0.142 e. The monoisotopic (exact) mass is 291 g/mol. The van der Waals surface area contributed by atoms with Gasteiger partial charge in [-0.25, -0.2) is 4.39 Å². The van der Waals surface area contributed by atoms with Crippen LogP contribution in [0.3, 0.4) is 0 Å². The van der Waals surface area contributed by atoms with Crippen molar-refractivity contribution in [3.05, 3.63) is 58.9 Å². The van der Waals surface area contributed by atoms with Crippen LogP contribution in [-0.4, -0.2) is 12.6 Å². The summed E-state index contributed by atoms with van der Waals surface area (Å²) in [7, 11) is 0. The van der Waals surface area contributed by atoms with Crippen LogP contribution in [0.15, 0.2) is 42.5 Å². The van der Waals surface area contributed by atoms with E-state index in [0.717, 1.165) is 25.1 Å². The Balaban J connectivity index is 1.69. The van der Waals surface area contributed by atoms with E-state index in [4.69, 9.17) is 16.3 Å². The highest BCUT2D eigenvalue weighted by atomic mass is 35.5. The minimum atomic E-state index is -0.426. The Labute approximate surface area is 122 Å². The molecule has 2 aromatic rings. The van der Waals surface area contributed by atoms with Gasteiger partial charge in [-0.3, -0.25) is 0 Å². The molecule has 2 aromatic carbocycles. The fourth-order valence-corrected chi connectivity index (χ4v) is 2.57. The van der Waals surface area contributed by atoms with Crippen LogP contribution in [-0.2, 0) is 6.42 Å². The lowest BCUT2D eigenvalue weighted by Crippen LogP contribution is -2.24. The van der Waals surface area contributed by atoms with Gasteiger partial charge in [0.05, 0.1) is 11.6 Å². The number of halogens is 2. The summed E-state index contributed by atoms with van der Waals surface area (Å²) in [6.07, 6.45) is 1.92. The number of para-hydroxylation sites is 1. The normalized spacial score (nSPS) is 17.8. The third-order valence-electron chi connectivity index (χ3n) is 3.47. The molecule has 1 aliphatic rings. The number of aryl methyl sites for hydroxylation is 1. The van der Waals surface area contributed by atoms with Crippen molar-refractivity contribution < 1.29 is 9.13 Å². The zero-order valence-electron chi connectivity index (χ0n) is 10.9. The minimum Gasteiger partial charge on any atom is -0.489 e. The number of benzene rings is 2. The molecule has 0 amide bonds. The quantitative estimate of drug-likeness (QED) is 0.891. The van der Waals surface area contributed by atoms with Gasteiger partial charge in [0, 0.05) is 11.8 Å². The van der Waals surface area contributed by atoms with Gasteiger partial charge in [-0.1, -0.05) is 29.8 Å². The first-order valence-corrected chi connectivity index (χ1v) is 7.03. The van der Waals surface area contributed by atoms with E-state index in [2.05, 4.69) is 17.4 Å². The van der Waals surface area contributed by atoms with E-state index < -0.39 is 5.82 Å². The summed E-state index contributed by atoms with van der Waals surface area (Å²) < 4.78 is 19.0. The summed E-state index contributed by atoms with van der Waals surface area (Å²) in [5.74, 6) is 0.180. The maximum absolute atomic E-state index is 13.1. The summed E-state index contributed by atoms with van der Waals surface area (Å²) in [5, 5.41) is 3.48. The van der Waals surface area contributed by atoms with Crippen molar-refractivity contribution >= 4 is 17.3 Å². The topological polar surface area (TPSA) is 21.3 Å². The molecule has 0 fully saturated rings. The molecule has 0 saturated heterocycles. The van der Waals surface area contributed by atoms with Gasteiger partial charge in [-0.05, 0) is 36.6 Å². The average molecular weight is 292 g/mol. The van der Waals surface area contributed by atoms with Crippen molar-refractivity contribution in [3.63, 3.8) is 0 Å². The molecule has 1 aliphatic heterocycles. The summed E-state index contributed by atoms with van der Waals surface area (Å²) in [6, 6.07) is 12.7. The van der Waals surface area contributed by atoms with Crippen LogP contribution in [0.5, 0.6) is 5.75 Å². The molecule has 104 valence electrons. The second-order valence-electron chi connectivity index (χ2n) is 4.89. The molecule has 1 N–H and O–H groups in total. The summed E-state index contributed by atoms with van der Waals surface area (Å²) in [6.45, 7) is 0.728. The van der Waals surface area contributed by atoms with E-state index in [1.54, 1.807) is 6.07 Å². The number of nitrogens with one attached hydrogen (secondary N) is 1. The number of hydrogen-bond acceptors (Lipinski definition) is 2. The molecule has 1 heterocycles. The van der Waals surface area contributed by atoms with Crippen LogP contribution < -0.4 is 10.1 Å². The first kappa shape index (κ1) is 13.3. The van der Waals surface area contributed by atoms with Gasteiger partial charge in [0.25, 0.3) is 0 Å². The standard InChI is InChI=1S/C16H15ClFNO/c17-14-9-12(7-8-15(14)18)20-13-6-5-11-3-1-2-4-16(11)19-10-13/h1-4,7-9,13,19H,5-6,10H2. The Bertz CT molecular complexity index is 590. The Morgan fingerprint density at radius 1 is 1.20 bits per heavy atom. The van der Waals surface area contributed by atoms with Crippen LogP contribution in [0.4, 0.5) is 10.1 Å². The molecule has 0 saturated carbocycles. The van der Waals surface area contributed by atoms with Crippen LogP contribution in [0, 0.1) is 5.82 Å². The lowest BCUT2D eigenvalue weighted by molar-refractivity contribution is 0.206. The molecular weight excluding hydrogens is 277 g/mol. The van der Waals surface area contributed by atoms with Crippen molar-refractivity contribution in [2.24, 2.45) is 0 Å². The van der Waals surface area contributed by atoms with Gasteiger partial charge in [0.15, 0.2) is 0 Å². The molecule has 20 heavy (non-hydrogen) atoms. The SMILES string of the molecule is Fc1ccc(OC2CCc3ccccc3NC2)cc1Cl. The third-order valence-corrected chi connectivity index (χ3v) is 3.76. The van der Waals surface area contributed by atoms with Crippen molar-refractivity contribution in [1.29, 1.82) is 0 Å². The summed E-state index contributed by atoms with van der Waals surface area (Å²) >= 11 is 5.77. The molecule has 1 atom stereocenters. The Morgan fingerprint density at radius 2 is 2.05 bits per heavy atom. The molecule has 0 bridgehead atoms. The van der Waals surface area contributed by atoms with Gasteiger partial charge in [-0.15, -0.1) is 0 Å². The Kier molecular flexibility index (Phi) is 3.79. The molecule has 0 aliphatic carbocycles. The van der Waals surface area contributed by atoms with Gasteiger partial charge >= 0.3 is 0 Å². The molecule has 4 heteroatoms. The van der Waals surface area contributed by atoms with Crippen LogP contribution >= 0.6 is 11.6 Å². The second-order valence-corrected chi connectivity index (χ2v) is 5.30. The van der Waals surface area contributed by atoms with Gasteiger partial charge < -0.3 is 10.1 Å². The first-order chi connectivity index (χ1) is 9.72. The number of rotatable bonds is 2. The maximum atomic E-state index is 13.1. The van der Waals surface area contributed by atoms with E-state index in [1.807, 2.05) is 12.1 Å². The minimum absolute atomic E-state index is 0.0453. The summed E-state index contributed by atoms with van der Waals surface area (Å²) in [4.78, 5) is 0. The fourth-order valence-electron chi connectivity index (χ4n) is 2.40. The highest BCUT2D eigenvalue weighted by Gasteiger charge is 2.17. The number of anilines is 1. The molecule has 0 aromatic heterocycles. The lowest BCUT2D eigenvalue weighted by Gasteiger charge is -2.17. The largest absolute Gasteiger partial charge is 0.489 e. The molecule has 1 unspecified atom stereocenters. The number of fused-ring (bicyclic) bond motifs is 1. The molecule has 0 radical (unpaired) electrons. The van der Waals surface area contributed by atoms with Crippen molar-refractivity contribution in [1.82, 2.24) is 0 Å². The van der Waals surface area contributed by atoms with E-state index in [1.165, 1.54) is 17.7 Å². The second kappa shape index (κ2) is 5.71. The van der Waals surface area contributed by atoms with Crippen molar-refractivity contribution in [2.45, 2.75) is 18.9 Å². The summed E-state index contributed by atoms with van der Waals surface area (Å²) in [5.41, 5.74) is 2.46. The van der Waals surface area contributed by atoms with Crippen LogP contribution in [0.1, 0.15) is 12.0 Å². The zero-order valence-corrected chi connectivity index (χ0v) is 11.7. The van der Waals surface area contributed by atoms with E-state index in [0.29, 0.717) is 5.75 Å². The predicted octanol–water partition coefficient (Wildman–Crippen LogP) is 4.28. The smallest absolute Gasteiger partial charge is 0.142 e. The first-order valence-electron chi connectivity index (χ1n) is 6.66. The Morgan fingerprint density at radius 3 is 2.90 bits per heavy atom. The highest BCUT2D eigenvalue weighted by molar-refractivity contribution is 6.30. The lowest BCUT2D eigenvalue weighted by atomic mass is 10.1. The van der Waals surface area contributed by atoms with Crippen LogP contribution in [0.2, 0.25) is 5.02 Å². The molecule has 2 nitrogen and oxygen atoms in total. The number of hydrogen-bond donors (Lipinski definition) is 1. The fraction of sp³-hybridized carbons (Fsp3) is 0.250. The Hall–Kier alpha value is -1.74. The van der Waals surface area contributed by atoms with Gasteiger partial charge in [0.2, 0.25) is 0 Å². The molecule has 3 rings (SSSR count). The van der Waals surface area contributed by atoms with E-state index in [9.17, 15) is 4.39 Å². The van der Waals surface area contributed by atoms with E-state index in [-0.39, 0.29) is 11.1 Å². The van der Waals surface area contributed by atoms with Gasteiger partial charge in [-0.2, -0.15) is 0 Å². The van der Waals surface area contributed by atoms with Crippen molar-refractivity contribution in [3.8, 4) is 5.75 Å². The van der Waals surface area contributed by atoms with Crippen LogP contribution in [0.25, 0.3) is 0 Å². The molecular formula is C16H15ClFNO. The molecule has 0 spiro atoms.